The number of hydrogen-bond donors (Lipinski definition) is 0. The first kappa shape index (κ1) is 17.4. The predicted octanol–water partition coefficient (Wildman–Crippen LogP) is 4.63. The van der Waals surface area contributed by atoms with Crippen molar-refractivity contribution in [3.05, 3.63) is 90.5 Å². The summed E-state index contributed by atoms with van der Waals surface area (Å²) in [6.07, 6.45) is 0. The molecule has 3 aromatic rings. The smallest absolute Gasteiger partial charge is 0.308 e. The highest BCUT2D eigenvalue weighted by molar-refractivity contribution is 6.00. The molecule has 0 spiro atoms. The van der Waals surface area contributed by atoms with Gasteiger partial charge in [0.2, 0.25) is 0 Å². The first-order valence-corrected chi connectivity index (χ1v) is 8.33. The third-order valence-electron chi connectivity index (χ3n) is 3.86. The Bertz CT molecular complexity index is 852. The van der Waals surface area contributed by atoms with E-state index in [2.05, 4.69) is 0 Å². The van der Waals surface area contributed by atoms with Gasteiger partial charge in [-0.1, -0.05) is 48.5 Å². The van der Waals surface area contributed by atoms with Crippen molar-refractivity contribution in [3.8, 4) is 5.75 Å². The number of esters is 1. The predicted molar refractivity (Wildman–Crippen MR) is 102 cm³/mol. The van der Waals surface area contributed by atoms with Crippen LogP contribution >= 0.6 is 0 Å². The molecule has 0 aromatic heterocycles. The summed E-state index contributed by atoms with van der Waals surface area (Å²) in [5, 5.41) is 0. The SMILES string of the molecule is CC(=O)Oc1cccc(C(=O)CN(c2ccccc2)c2ccccc2)c1. The van der Waals surface area contributed by atoms with Crippen LogP contribution in [0, 0.1) is 0 Å². The van der Waals surface area contributed by atoms with Crippen molar-refractivity contribution in [1.82, 2.24) is 0 Å². The van der Waals surface area contributed by atoms with Crippen LogP contribution in [-0.2, 0) is 4.79 Å². The molecule has 0 aliphatic heterocycles. The van der Waals surface area contributed by atoms with Crippen LogP contribution in [0.1, 0.15) is 17.3 Å². The lowest BCUT2D eigenvalue weighted by molar-refractivity contribution is -0.131. The Morgan fingerprint density at radius 3 is 1.92 bits per heavy atom. The molecule has 4 heteroatoms. The van der Waals surface area contributed by atoms with E-state index in [1.165, 1.54) is 6.92 Å². The highest BCUT2D eigenvalue weighted by atomic mass is 16.5. The lowest BCUT2D eigenvalue weighted by atomic mass is 10.1. The molecule has 3 rings (SSSR count). The number of hydrogen-bond acceptors (Lipinski definition) is 4. The fourth-order valence-electron chi connectivity index (χ4n) is 2.68. The molecule has 4 nitrogen and oxygen atoms in total. The third-order valence-corrected chi connectivity index (χ3v) is 3.86. The number of ether oxygens (including phenoxy) is 1. The van der Waals surface area contributed by atoms with Crippen molar-refractivity contribution < 1.29 is 14.3 Å². The summed E-state index contributed by atoms with van der Waals surface area (Å²) in [4.78, 5) is 25.9. The van der Waals surface area contributed by atoms with Crippen molar-refractivity contribution in [1.29, 1.82) is 0 Å². The summed E-state index contributed by atoms with van der Waals surface area (Å²) in [6.45, 7) is 1.51. The van der Waals surface area contributed by atoms with Crippen LogP contribution in [-0.4, -0.2) is 18.3 Å². The van der Waals surface area contributed by atoms with Crippen molar-refractivity contribution in [2.75, 3.05) is 11.4 Å². The third kappa shape index (κ3) is 4.36. The molecule has 0 amide bonds. The summed E-state index contributed by atoms with van der Waals surface area (Å²) in [5.41, 5.74) is 2.37. The number of Topliss-reactive ketones (excluding diaryl/α,β-unsaturated/α-hetero) is 1. The van der Waals surface area contributed by atoms with Gasteiger partial charge >= 0.3 is 5.97 Å². The van der Waals surface area contributed by atoms with Crippen molar-refractivity contribution in [2.24, 2.45) is 0 Å². The van der Waals surface area contributed by atoms with Crippen LogP contribution in [0.4, 0.5) is 11.4 Å². The zero-order valence-corrected chi connectivity index (χ0v) is 14.5. The number of rotatable bonds is 6. The van der Waals surface area contributed by atoms with E-state index in [1.54, 1.807) is 24.3 Å². The second-order valence-corrected chi connectivity index (χ2v) is 5.80. The van der Waals surface area contributed by atoms with E-state index in [-0.39, 0.29) is 12.3 Å². The molecule has 3 aromatic carbocycles. The second kappa shape index (κ2) is 8.12. The van der Waals surface area contributed by atoms with Gasteiger partial charge in [-0.05, 0) is 36.4 Å². The van der Waals surface area contributed by atoms with Crippen molar-refractivity contribution >= 4 is 23.1 Å². The van der Waals surface area contributed by atoms with Crippen LogP contribution < -0.4 is 9.64 Å². The summed E-state index contributed by atoms with van der Waals surface area (Å²) in [5.74, 6) is -0.106. The van der Waals surface area contributed by atoms with Gasteiger partial charge in [0.05, 0.1) is 6.54 Å². The van der Waals surface area contributed by atoms with Crippen LogP contribution in [0.25, 0.3) is 0 Å². The Morgan fingerprint density at radius 2 is 1.38 bits per heavy atom. The van der Waals surface area contributed by atoms with E-state index in [1.807, 2.05) is 65.6 Å². The Hall–Kier alpha value is -3.40. The van der Waals surface area contributed by atoms with Crippen LogP contribution in [0.2, 0.25) is 0 Å². The molecule has 0 saturated carbocycles. The molecule has 0 radical (unpaired) electrons. The summed E-state index contributed by atoms with van der Waals surface area (Å²) >= 11 is 0. The van der Waals surface area contributed by atoms with E-state index in [9.17, 15) is 9.59 Å². The first-order chi connectivity index (χ1) is 12.6. The average Bonchev–Trinajstić information content (AvgIpc) is 2.67. The molecule has 0 N–H and O–H groups in total. The van der Waals surface area contributed by atoms with E-state index in [0.29, 0.717) is 11.3 Å². The van der Waals surface area contributed by atoms with Gasteiger partial charge in [0.15, 0.2) is 5.78 Å². The lowest BCUT2D eigenvalue weighted by Gasteiger charge is -2.24. The Kier molecular flexibility index (Phi) is 5.44. The van der Waals surface area contributed by atoms with Gasteiger partial charge in [-0.15, -0.1) is 0 Å². The van der Waals surface area contributed by atoms with Crippen LogP contribution in [0.5, 0.6) is 5.75 Å². The molecule has 0 atom stereocenters. The first-order valence-electron chi connectivity index (χ1n) is 8.33. The largest absolute Gasteiger partial charge is 0.427 e. The number of carbonyl (C=O) groups excluding carboxylic acids is 2. The molecule has 0 fully saturated rings. The monoisotopic (exact) mass is 345 g/mol. The highest BCUT2D eigenvalue weighted by Gasteiger charge is 2.16. The fourth-order valence-corrected chi connectivity index (χ4v) is 2.68. The van der Waals surface area contributed by atoms with Crippen LogP contribution in [0.3, 0.4) is 0 Å². The summed E-state index contributed by atoms with van der Waals surface area (Å²) in [7, 11) is 0. The maximum Gasteiger partial charge on any atom is 0.308 e. The molecule has 130 valence electrons. The van der Waals surface area contributed by atoms with Gasteiger partial charge in [0.25, 0.3) is 0 Å². The van der Waals surface area contributed by atoms with E-state index < -0.39 is 5.97 Å². The number of benzene rings is 3. The number of para-hydroxylation sites is 2. The molecular weight excluding hydrogens is 326 g/mol. The van der Waals surface area contributed by atoms with Gasteiger partial charge in [-0.25, -0.2) is 0 Å². The molecule has 26 heavy (non-hydrogen) atoms. The van der Waals surface area contributed by atoms with Crippen molar-refractivity contribution in [3.63, 3.8) is 0 Å². The number of carbonyl (C=O) groups is 2. The number of nitrogens with zero attached hydrogens (tertiary/aromatic N) is 1. The molecule has 0 heterocycles. The number of ketones is 1. The Morgan fingerprint density at radius 1 is 0.808 bits per heavy atom. The van der Waals surface area contributed by atoms with Crippen molar-refractivity contribution in [2.45, 2.75) is 6.92 Å². The Labute approximate surface area is 152 Å². The minimum atomic E-state index is -0.412. The van der Waals surface area contributed by atoms with E-state index in [0.717, 1.165) is 11.4 Å². The standard InChI is InChI=1S/C22H19NO3/c1-17(24)26-21-14-8-9-18(15-21)22(25)16-23(19-10-4-2-5-11-19)20-12-6-3-7-13-20/h2-15H,16H2,1H3. The average molecular weight is 345 g/mol. The van der Waals surface area contributed by atoms with E-state index >= 15 is 0 Å². The molecular formula is C22H19NO3. The van der Waals surface area contributed by atoms with E-state index in [4.69, 9.17) is 4.74 Å². The molecule has 0 saturated heterocycles. The lowest BCUT2D eigenvalue weighted by Crippen LogP contribution is -2.25. The van der Waals surface area contributed by atoms with Gasteiger partial charge in [-0.2, -0.15) is 0 Å². The summed E-state index contributed by atoms with van der Waals surface area (Å²) in [6, 6.07) is 26.2. The van der Waals surface area contributed by atoms with Gasteiger partial charge in [0.1, 0.15) is 5.75 Å². The maximum atomic E-state index is 12.9. The van der Waals surface area contributed by atoms with Gasteiger partial charge in [-0.3, -0.25) is 9.59 Å². The summed E-state index contributed by atoms with van der Waals surface area (Å²) < 4.78 is 5.07. The highest BCUT2D eigenvalue weighted by Crippen LogP contribution is 2.25. The normalized spacial score (nSPS) is 10.2. The minimum absolute atomic E-state index is 0.0632. The molecule has 0 bridgehead atoms. The van der Waals surface area contributed by atoms with Gasteiger partial charge < -0.3 is 9.64 Å². The van der Waals surface area contributed by atoms with Crippen LogP contribution in [0.15, 0.2) is 84.9 Å². The Balaban J connectivity index is 1.88. The fraction of sp³-hybridized carbons (Fsp3) is 0.0909. The minimum Gasteiger partial charge on any atom is -0.427 e. The molecule has 0 aliphatic rings. The molecule has 0 unspecified atom stereocenters. The van der Waals surface area contributed by atoms with Gasteiger partial charge in [0, 0.05) is 23.9 Å². The maximum absolute atomic E-state index is 12.9. The topological polar surface area (TPSA) is 46.6 Å². The second-order valence-electron chi connectivity index (χ2n) is 5.80. The zero-order valence-electron chi connectivity index (χ0n) is 14.5. The quantitative estimate of drug-likeness (QED) is 0.371. The molecule has 0 aliphatic carbocycles. The number of anilines is 2. The zero-order chi connectivity index (χ0) is 18.4.